The summed E-state index contributed by atoms with van der Waals surface area (Å²) in [6, 6.07) is 0. The number of esters is 2. The van der Waals surface area contributed by atoms with E-state index >= 15 is 0 Å². The molecule has 0 heterocycles. The topological polar surface area (TPSA) is 134 Å². The Bertz CT molecular complexity index is 1550. The van der Waals surface area contributed by atoms with Gasteiger partial charge in [-0.15, -0.1) is 0 Å². The number of phosphoric ester groups is 1. The van der Waals surface area contributed by atoms with Crippen molar-refractivity contribution in [3.8, 4) is 0 Å². The number of phosphoric acid groups is 1. The number of nitrogens with two attached hydrogens (primary N) is 1. The zero-order valence-electron chi connectivity index (χ0n) is 48.3. The van der Waals surface area contributed by atoms with Crippen molar-refractivity contribution in [1.29, 1.82) is 0 Å². The van der Waals surface area contributed by atoms with Gasteiger partial charge < -0.3 is 20.1 Å². The van der Waals surface area contributed by atoms with E-state index in [1.807, 2.05) is 12.2 Å². The largest absolute Gasteiger partial charge is 0.472 e. The van der Waals surface area contributed by atoms with Crippen LogP contribution in [0.25, 0.3) is 0 Å². The van der Waals surface area contributed by atoms with Crippen LogP contribution >= 0.6 is 7.82 Å². The van der Waals surface area contributed by atoms with Crippen LogP contribution < -0.4 is 5.73 Å². The molecule has 75 heavy (non-hydrogen) atoms. The van der Waals surface area contributed by atoms with Gasteiger partial charge in [-0.3, -0.25) is 18.6 Å². The first-order valence-corrected chi connectivity index (χ1v) is 32.2. The molecule has 2 unspecified atom stereocenters. The Morgan fingerprint density at radius 1 is 0.400 bits per heavy atom. The summed E-state index contributed by atoms with van der Waals surface area (Å²) in [5.74, 6) is -0.918. The zero-order chi connectivity index (χ0) is 54.5. The maximum Gasteiger partial charge on any atom is 0.472 e. The van der Waals surface area contributed by atoms with Crippen molar-refractivity contribution in [2.75, 3.05) is 26.4 Å². The molecule has 0 aromatic heterocycles. The lowest BCUT2D eigenvalue weighted by Gasteiger charge is -2.19. The molecule has 0 aromatic rings. The number of carbonyl (C=O) groups is 2. The molecule has 10 heteroatoms. The fourth-order valence-electron chi connectivity index (χ4n) is 8.53. The number of carbonyl (C=O) groups excluding carboxylic acids is 2. The first-order valence-electron chi connectivity index (χ1n) is 30.7. The van der Waals surface area contributed by atoms with E-state index < -0.39 is 32.5 Å². The summed E-state index contributed by atoms with van der Waals surface area (Å²) in [6.45, 7) is 3.44. The molecule has 0 fully saturated rings. The lowest BCUT2D eigenvalue weighted by Crippen LogP contribution is -2.29. The smallest absolute Gasteiger partial charge is 0.462 e. The summed E-state index contributed by atoms with van der Waals surface area (Å²) in [5.41, 5.74) is 5.37. The summed E-state index contributed by atoms with van der Waals surface area (Å²) < 4.78 is 32.9. The van der Waals surface area contributed by atoms with Crippen molar-refractivity contribution in [1.82, 2.24) is 0 Å². The molecule has 0 bridgehead atoms. The summed E-state index contributed by atoms with van der Waals surface area (Å²) >= 11 is 0. The van der Waals surface area contributed by atoms with Crippen LogP contribution in [-0.4, -0.2) is 49.3 Å². The predicted octanol–water partition coefficient (Wildman–Crippen LogP) is 19.6. The molecule has 0 saturated carbocycles. The number of hydrogen-bond donors (Lipinski definition) is 2. The SMILES string of the molecule is CC/C=C\C/C=C\C/C=C\C/C=C\CCCCCCCCCCCCCCCCCCCCCCCCCCCCCCC(=O)OC(COC(=O)CC/C=C\C/C=C\C/C=C\C/C=C\CC)COP(=O)(O)OCCN. The van der Waals surface area contributed by atoms with Gasteiger partial charge in [0.15, 0.2) is 6.10 Å². The van der Waals surface area contributed by atoms with E-state index in [-0.39, 0.29) is 32.6 Å². The minimum absolute atomic E-state index is 0.0427. The fourth-order valence-corrected chi connectivity index (χ4v) is 9.29. The van der Waals surface area contributed by atoms with Crippen LogP contribution in [-0.2, 0) is 32.7 Å². The number of rotatable bonds is 57. The molecule has 0 aliphatic heterocycles. The van der Waals surface area contributed by atoms with Crippen LogP contribution in [0.4, 0.5) is 0 Å². The molecule has 432 valence electrons. The molecule has 3 N–H and O–H groups in total. The van der Waals surface area contributed by atoms with Crippen molar-refractivity contribution < 1.29 is 37.6 Å². The third kappa shape index (κ3) is 60.0. The Morgan fingerprint density at radius 2 is 0.720 bits per heavy atom. The van der Waals surface area contributed by atoms with E-state index in [0.717, 1.165) is 70.6 Å². The molecule has 0 saturated heterocycles. The Balaban J connectivity index is 3.75. The molecule has 0 aliphatic rings. The lowest BCUT2D eigenvalue weighted by molar-refractivity contribution is -0.161. The molecule has 0 rings (SSSR count). The summed E-state index contributed by atoms with van der Waals surface area (Å²) in [5, 5.41) is 0. The van der Waals surface area contributed by atoms with Gasteiger partial charge in [-0.1, -0.05) is 278 Å². The normalized spacial score (nSPS) is 13.7. The van der Waals surface area contributed by atoms with Crippen LogP contribution in [0.3, 0.4) is 0 Å². The van der Waals surface area contributed by atoms with E-state index in [4.69, 9.17) is 24.3 Å². The third-order valence-electron chi connectivity index (χ3n) is 13.0. The van der Waals surface area contributed by atoms with Crippen molar-refractivity contribution in [3.63, 3.8) is 0 Å². The second kappa shape index (κ2) is 60.2. The molecule has 2 atom stereocenters. The van der Waals surface area contributed by atoms with Gasteiger partial charge in [0.1, 0.15) is 6.61 Å². The zero-order valence-corrected chi connectivity index (χ0v) is 49.2. The highest BCUT2D eigenvalue weighted by molar-refractivity contribution is 7.47. The van der Waals surface area contributed by atoms with Crippen LogP contribution in [0.15, 0.2) is 97.2 Å². The molecule has 9 nitrogen and oxygen atoms in total. The molecule has 0 spiro atoms. The number of hydrogen-bond acceptors (Lipinski definition) is 8. The Morgan fingerprint density at radius 3 is 1.08 bits per heavy atom. The Kier molecular flexibility index (Phi) is 57.7. The first-order chi connectivity index (χ1) is 36.8. The van der Waals surface area contributed by atoms with Gasteiger partial charge in [-0.2, -0.15) is 0 Å². The van der Waals surface area contributed by atoms with Gasteiger partial charge in [0.2, 0.25) is 0 Å². The third-order valence-corrected chi connectivity index (χ3v) is 14.0. The summed E-state index contributed by atoms with van der Waals surface area (Å²) in [6.07, 6.45) is 81.1. The predicted molar refractivity (Wildman–Crippen MR) is 321 cm³/mol. The molecule has 0 radical (unpaired) electrons. The van der Waals surface area contributed by atoms with Crippen molar-refractivity contribution >= 4 is 19.8 Å². The van der Waals surface area contributed by atoms with Crippen LogP contribution in [0.1, 0.15) is 271 Å². The van der Waals surface area contributed by atoms with Gasteiger partial charge in [0.05, 0.1) is 13.2 Å². The van der Waals surface area contributed by atoms with E-state index in [9.17, 15) is 19.0 Å². The maximum atomic E-state index is 12.7. The molecule has 0 aliphatic carbocycles. The highest BCUT2D eigenvalue weighted by atomic mass is 31.2. The lowest BCUT2D eigenvalue weighted by atomic mass is 10.0. The maximum absolute atomic E-state index is 12.7. The highest BCUT2D eigenvalue weighted by Gasteiger charge is 2.26. The van der Waals surface area contributed by atoms with E-state index in [1.54, 1.807) is 0 Å². The average molecular weight is 1070 g/mol. The molecule has 0 amide bonds. The van der Waals surface area contributed by atoms with Gasteiger partial charge >= 0.3 is 19.8 Å². The van der Waals surface area contributed by atoms with Crippen LogP contribution in [0.5, 0.6) is 0 Å². The second-order valence-electron chi connectivity index (χ2n) is 20.2. The number of ether oxygens (including phenoxy) is 2. The molecular formula is C65H114NO8P. The molecule has 0 aromatic carbocycles. The molecular weight excluding hydrogens is 954 g/mol. The minimum atomic E-state index is -4.40. The van der Waals surface area contributed by atoms with Crippen molar-refractivity contribution in [2.24, 2.45) is 5.73 Å². The quantitative estimate of drug-likeness (QED) is 0.0264. The average Bonchev–Trinajstić information content (AvgIpc) is 3.40. The van der Waals surface area contributed by atoms with Gasteiger partial charge in [-0.05, 0) is 77.0 Å². The standard InChI is InChI=1S/C65H114NO8P/c1-3-5-7-9-11-13-15-17-18-19-20-21-22-23-24-25-26-27-28-29-30-31-32-33-34-35-36-37-38-39-40-41-42-43-44-46-48-50-52-54-56-58-65(68)74-63(62-73-75(69,70)72-60-59-66)61-71-64(67)57-55-53-51-49-47-45-16-14-12-10-8-6-4-2/h5-8,11-14,17-18,20-21,45,47,51,53,63H,3-4,9-10,15-16,19,22-44,46,48-50,52,54-62,66H2,1-2H3,(H,69,70)/b7-5-,8-6-,13-11-,14-12-,18-17-,21-20-,47-45-,53-51-. The van der Waals surface area contributed by atoms with E-state index in [0.29, 0.717) is 12.8 Å². The minimum Gasteiger partial charge on any atom is -0.462 e. The Hall–Kier alpha value is -3.07. The van der Waals surface area contributed by atoms with E-state index in [1.165, 1.54) is 161 Å². The fraction of sp³-hybridized carbons (Fsp3) is 0.723. The van der Waals surface area contributed by atoms with E-state index in [2.05, 4.69) is 98.9 Å². The number of unbranched alkanes of at least 4 members (excludes halogenated alkanes) is 28. The van der Waals surface area contributed by atoms with Crippen molar-refractivity contribution in [2.45, 2.75) is 277 Å². The first kappa shape index (κ1) is 71.9. The van der Waals surface area contributed by atoms with Gasteiger partial charge in [0.25, 0.3) is 0 Å². The highest BCUT2D eigenvalue weighted by Crippen LogP contribution is 2.43. The van der Waals surface area contributed by atoms with Crippen LogP contribution in [0.2, 0.25) is 0 Å². The Labute approximate surface area is 461 Å². The second-order valence-corrected chi connectivity index (χ2v) is 21.6. The number of allylic oxidation sites excluding steroid dienone is 16. The summed E-state index contributed by atoms with van der Waals surface area (Å²) in [7, 11) is -4.40. The van der Waals surface area contributed by atoms with Gasteiger partial charge in [0, 0.05) is 19.4 Å². The van der Waals surface area contributed by atoms with Gasteiger partial charge in [-0.25, -0.2) is 4.57 Å². The van der Waals surface area contributed by atoms with Crippen molar-refractivity contribution in [3.05, 3.63) is 97.2 Å². The monoisotopic (exact) mass is 1070 g/mol. The van der Waals surface area contributed by atoms with Crippen LogP contribution in [0, 0.1) is 0 Å². The summed E-state index contributed by atoms with van der Waals surface area (Å²) in [4.78, 5) is 35.0.